The molecule has 0 aliphatic rings. The molecule has 1 aromatic heterocycles. The summed E-state index contributed by atoms with van der Waals surface area (Å²) >= 11 is 1.28. The summed E-state index contributed by atoms with van der Waals surface area (Å²) in [6, 6.07) is 9.41. The molecular weight excluding hydrogens is 324 g/mol. The van der Waals surface area contributed by atoms with Crippen LogP contribution < -0.4 is 10.2 Å². The van der Waals surface area contributed by atoms with Gasteiger partial charge in [-0.25, -0.2) is 15.4 Å². The predicted octanol–water partition coefficient (Wildman–Crippen LogP) is 2.73. The Morgan fingerprint density at radius 2 is 2.00 bits per heavy atom. The largest absolute Gasteiger partial charge is 0.493 e. The van der Waals surface area contributed by atoms with Crippen molar-refractivity contribution in [2.75, 3.05) is 12.4 Å². The first-order valence-corrected chi connectivity index (χ1v) is 8.56. The van der Waals surface area contributed by atoms with Crippen LogP contribution in [0.1, 0.15) is 23.9 Å². The fraction of sp³-hybridized carbons (Fsp3) is 0.294. The number of thioether (sulfide) groups is 1. The molecule has 1 amide bonds. The molecule has 6 nitrogen and oxygen atoms in total. The molecular formula is C17H20N4O2S. The number of carbonyl (C=O) groups is 1. The van der Waals surface area contributed by atoms with E-state index in [1.807, 2.05) is 51.1 Å². The van der Waals surface area contributed by atoms with Crippen LogP contribution in [-0.4, -0.2) is 34.4 Å². The van der Waals surface area contributed by atoms with Crippen LogP contribution in [0, 0.1) is 13.8 Å². The normalized spacial score (nSPS) is 10.8. The number of amides is 1. The first-order valence-electron chi connectivity index (χ1n) is 7.57. The molecule has 126 valence electrons. The van der Waals surface area contributed by atoms with E-state index in [0.29, 0.717) is 11.8 Å². The third-order valence-corrected chi connectivity index (χ3v) is 3.75. The van der Waals surface area contributed by atoms with E-state index >= 15 is 0 Å². The van der Waals surface area contributed by atoms with Gasteiger partial charge in [-0.3, -0.25) is 4.79 Å². The highest BCUT2D eigenvalue weighted by Gasteiger charge is 2.05. The number of para-hydroxylation sites is 1. The molecule has 0 atom stereocenters. The molecule has 2 rings (SSSR count). The number of aromatic nitrogens is 2. The average Bonchev–Trinajstić information content (AvgIpc) is 2.54. The van der Waals surface area contributed by atoms with Gasteiger partial charge in [0.25, 0.3) is 5.91 Å². The highest BCUT2D eigenvalue weighted by molar-refractivity contribution is 7.99. The Morgan fingerprint density at radius 1 is 1.29 bits per heavy atom. The zero-order valence-corrected chi connectivity index (χ0v) is 14.8. The summed E-state index contributed by atoms with van der Waals surface area (Å²) in [5.41, 5.74) is 5.08. The summed E-state index contributed by atoms with van der Waals surface area (Å²) in [4.78, 5) is 20.4. The van der Waals surface area contributed by atoms with Crippen molar-refractivity contribution in [1.82, 2.24) is 15.4 Å². The molecule has 7 heteroatoms. The molecule has 1 aromatic carbocycles. The molecule has 0 saturated heterocycles. The van der Waals surface area contributed by atoms with E-state index in [1.165, 1.54) is 11.8 Å². The van der Waals surface area contributed by atoms with E-state index < -0.39 is 0 Å². The first-order chi connectivity index (χ1) is 11.6. The Labute approximate surface area is 145 Å². The first kappa shape index (κ1) is 17.9. The van der Waals surface area contributed by atoms with E-state index in [1.54, 1.807) is 6.21 Å². The summed E-state index contributed by atoms with van der Waals surface area (Å²) in [5, 5.41) is 4.56. The van der Waals surface area contributed by atoms with Gasteiger partial charge in [0.15, 0.2) is 5.16 Å². The van der Waals surface area contributed by atoms with E-state index in [4.69, 9.17) is 4.74 Å². The fourth-order valence-corrected chi connectivity index (χ4v) is 2.71. The maximum Gasteiger partial charge on any atom is 0.250 e. The van der Waals surface area contributed by atoms with E-state index in [9.17, 15) is 4.79 Å². The van der Waals surface area contributed by atoms with Gasteiger partial charge < -0.3 is 4.74 Å². The standard InChI is InChI=1S/C17H20N4O2S/c1-4-23-15-8-6-5-7-14(15)10-18-21-16(22)11-24-17-19-12(2)9-13(3)20-17/h5-10H,4,11H2,1-3H3,(H,21,22). The van der Waals surface area contributed by atoms with Crippen LogP contribution in [0.5, 0.6) is 5.75 Å². The molecule has 1 heterocycles. The minimum Gasteiger partial charge on any atom is -0.493 e. The number of ether oxygens (including phenoxy) is 1. The van der Waals surface area contributed by atoms with Crippen LogP contribution >= 0.6 is 11.8 Å². The van der Waals surface area contributed by atoms with Crippen LogP contribution in [0.25, 0.3) is 0 Å². The average molecular weight is 344 g/mol. The van der Waals surface area contributed by atoms with Crippen molar-refractivity contribution in [2.24, 2.45) is 5.10 Å². The fourth-order valence-electron chi connectivity index (χ4n) is 1.97. The van der Waals surface area contributed by atoms with Crippen LogP contribution in [0.3, 0.4) is 0 Å². The Balaban J connectivity index is 1.87. The highest BCUT2D eigenvalue weighted by Crippen LogP contribution is 2.16. The molecule has 0 aliphatic heterocycles. The topological polar surface area (TPSA) is 76.5 Å². The Morgan fingerprint density at radius 3 is 2.71 bits per heavy atom. The maximum atomic E-state index is 11.9. The smallest absolute Gasteiger partial charge is 0.250 e. The summed E-state index contributed by atoms with van der Waals surface area (Å²) in [5.74, 6) is 0.719. The third-order valence-electron chi connectivity index (χ3n) is 2.91. The minimum absolute atomic E-state index is 0.202. The molecule has 24 heavy (non-hydrogen) atoms. The predicted molar refractivity (Wildman–Crippen MR) is 95.6 cm³/mol. The molecule has 0 radical (unpaired) electrons. The third kappa shape index (κ3) is 5.66. The van der Waals surface area contributed by atoms with Gasteiger partial charge in [-0.05, 0) is 39.0 Å². The molecule has 0 aliphatic carbocycles. The quantitative estimate of drug-likeness (QED) is 0.362. The van der Waals surface area contributed by atoms with Crippen molar-refractivity contribution < 1.29 is 9.53 Å². The second-order valence-corrected chi connectivity index (χ2v) is 5.93. The van der Waals surface area contributed by atoms with E-state index in [0.717, 1.165) is 22.7 Å². The van der Waals surface area contributed by atoms with Gasteiger partial charge in [0.2, 0.25) is 0 Å². The monoisotopic (exact) mass is 344 g/mol. The molecule has 2 aromatic rings. The maximum absolute atomic E-state index is 11.9. The number of aryl methyl sites for hydroxylation is 2. The summed E-state index contributed by atoms with van der Waals surface area (Å²) in [7, 11) is 0. The second kappa shape index (κ2) is 9.02. The van der Waals surface area contributed by atoms with Gasteiger partial charge in [-0.1, -0.05) is 23.9 Å². The molecule has 0 saturated carbocycles. The second-order valence-electron chi connectivity index (χ2n) is 4.99. The Kier molecular flexibility index (Phi) is 6.74. The van der Waals surface area contributed by atoms with Crippen molar-refractivity contribution in [3.05, 3.63) is 47.3 Å². The highest BCUT2D eigenvalue weighted by atomic mass is 32.2. The molecule has 0 unspecified atom stereocenters. The lowest BCUT2D eigenvalue weighted by Gasteiger charge is -2.06. The number of benzene rings is 1. The number of nitrogens with zero attached hydrogens (tertiary/aromatic N) is 3. The van der Waals surface area contributed by atoms with Crippen molar-refractivity contribution in [2.45, 2.75) is 25.9 Å². The number of hydrazone groups is 1. The van der Waals surface area contributed by atoms with Gasteiger partial charge in [0.1, 0.15) is 5.75 Å². The zero-order chi connectivity index (χ0) is 17.4. The van der Waals surface area contributed by atoms with Gasteiger partial charge >= 0.3 is 0 Å². The number of rotatable bonds is 7. The van der Waals surface area contributed by atoms with Crippen molar-refractivity contribution in [1.29, 1.82) is 0 Å². The van der Waals surface area contributed by atoms with Gasteiger partial charge in [0.05, 0.1) is 18.6 Å². The van der Waals surface area contributed by atoms with E-state index in [-0.39, 0.29) is 11.7 Å². The Bertz CT molecular complexity index is 714. The number of hydrogen-bond acceptors (Lipinski definition) is 6. The summed E-state index contributed by atoms with van der Waals surface area (Å²) < 4.78 is 5.50. The molecule has 1 N–H and O–H groups in total. The lowest BCUT2D eigenvalue weighted by atomic mass is 10.2. The summed E-state index contributed by atoms with van der Waals surface area (Å²) in [6.45, 7) is 6.30. The van der Waals surface area contributed by atoms with Crippen molar-refractivity contribution in [3.8, 4) is 5.75 Å². The minimum atomic E-state index is -0.215. The SMILES string of the molecule is CCOc1ccccc1C=NNC(=O)CSc1nc(C)cc(C)n1. The van der Waals surface area contributed by atoms with Gasteiger partial charge in [-0.15, -0.1) is 0 Å². The lowest BCUT2D eigenvalue weighted by Crippen LogP contribution is -2.20. The number of carbonyl (C=O) groups excluding carboxylic acids is 1. The molecule has 0 spiro atoms. The number of nitrogens with one attached hydrogen (secondary N) is 1. The lowest BCUT2D eigenvalue weighted by molar-refractivity contribution is -0.118. The molecule has 0 bridgehead atoms. The number of hydrogen-bond donors (Lipinski definition) is 1. The molecule has 0 fully saturated rings. The van der Waals surface area contributed by atoms with Crippen molar-refractivity contribution >= 4 is 23.9 Å². The van der Waals surface area contributed by atoms with Crippen LogP contribution in [-0.2, 0) is 4.79 Å². The Hall–Kier alpha value is -2.41. The van der Waals surface area contributed by atoms with Crippen molar-refractivity contribution in [3.63, 3.8) is 0 Å². The summed E-state index contributed by atoms with van der Waals surface area (Å²) in [6.07, 6.45) is 1.57. The van der Waals surface area contributed by atoms with Gasteiger partial charge in [-0.2, -0.15) is 5.10 Å². The van der Waals surface area contributed by atoms with Gasteiger partial charge in [0, 0.05) is 17.0 Å². The zero-order valence-electron chi connectivity index (χ0n) is 13.9. The van der Waals surface area contributed by atoms with Crippen LogP contribution in [0.4, 0.5) is 0 Å². The van der Waals surface area contributed by atoms with E-state index in [2.05, 4.69) is 20.5 Å². The van der Waals surface area contributed by atoms with Crippen LogP contribution in [0.15, 0.2) is 40.6 Å². The van der Waals surface area contributed by atoms with Crippen LogP contribution in [0.2, 0.25) is 0 Å².